The second kappa shape index (κ2) is 7.48. The minimum Gasteiger partial charge on any atom is -0.323 e. The monoisotopic (exact) mass is 390 g/mol. The summed E-state index contributed by atoms with van der Waals surface area (Å²) in [4.78, 5) is 12.0. The van der Waals surface area contributed by atoms with Crippen molar-refractivity contribution in [3.8, 4) is 0 Å². The average molecular weight is 391 g/mol. The third-order valence-corrected chi connectivity index (χ3v) is 5.43. The Kier molecular flexibility index (Phi) is 5.82. The van der Waals surface area contributed by atoms with Gasteiger partial charge in [0, 0.05) is 0 Å². The first kappa shape index (κ1) is 18.7. The molecular weight excluding hydrogens is 378 g/mol. The van der Waals surface area contributed by atoms with E-state index in [4.69, 9.17) is 23.2 Å². The normalized spacial score (nSPS) is 12.7. The Morgan fingerprint density at radius 1 is 1.12 bits per heavy atom. The fraction of sp³-hybridized carbons (Fsp3) is 0.133. The highest BCUT2D eigenvalue weighted by Gasteiger charge is 2.22. The SMILES string of the molecule is C[C@H](NS(=O)(=O)c1ccc(F)cc1)C(=O)Nc1cccc(Cl)c1Cl. The molecule has 128 valence electrons. The van der Waals surface area contributed by atoms with Crippen molar-refractivity contribution >= 4 is 44.8 Å². The smallest absolute Gasteiger partial charge is 0.242 e. The topological polar surface area (TPSA) is 75.3 Å². The highest BCUT2D eigenvalue weighted by Crippen LogP contribution is 2.29. The molecule has 2 aromatic carbocycles. The summed E-state index contributed by atoms with van der Waals surface area (Å²) in [6.45, 7) is 1.37. The molecule has 0 fully saturated rings. The standard InChI is InChI=1S/C15H13Cl2FN2O3S/c1-9(15(21)19-13-4-2-3-12(16)14(13)17)20-24(22,23)11-7-5-10(18)6-8-11/h2-9,20H,1H3,(H,19,21)/t9-/m0/s1. The largest absolute Gasteiger partial charge is 0.323 e. The van der Waals surface area contributed by atoms with E-state index in [2.05, 4.69) is 10.0 Å². The Morgan fingerprint density at radius 2 is 1.75 bits per heavy atom. The van der Waals surface area contributed by atoms with Crippen LogP contribution in [0.5, 0.6) is 0 Å². The summed E-state index contributed by atoms with van der Waals surface area (Å²) in [6.07, 6.45) is 0. The van der Waals surface area contributed by atoms with Gasteiger partial charge in [0.25, 0.3) is 0 Å². The van der Waals surface area contributed by atoms with Crippen LogP contribution in [0.2, 0.25) is 10.0 Å². The summed E-state index contributed by atoms with van der Waals surface area (Å²) in [5.41, 5.74) is 0.266. The minimum atomic E-state index is -3.97. The van der Waals surface area contributed by atoms with E-state index in [0.717, 1.165) is 24.3 Å². The first-order valence-corrected chi connectivity index (χ1v) is 8.97. The second-order valence-electron chi connectivity index (χ2n) is 4.89. The molecule has 0 radical (unpaired) electrons. The van der Waals surface area contributed by atoms with E-state index >= 15 is 0 Å². The summed E-state index contributed by atoms with van der Waals surface area (Å²) < 4.78 is 39.4. The van der Waals surface area contributed by atoms with Crippen molar-refractivity contribution in [2.24, 2.45) is 0 Å². The van der Waals surface area contributed by atoms with Crippen LogP contribution in [-0.2, 0) is 14.8 Å². The molecule has 0 spiro atoms. The third kappa shape index (κ3) is 4.45. The van der Waals surface area contributed by atoms with E-state index in [1.165, 1.54) is 13.0 Å². The Balaban J connectivity index is 2.11. The quantitative estimate of drug-likeness (QED) is 0.820. The Bertz CT molecular complexity index is 858. The number of nitrogens with one attached hydrogen (secondary N) is 2. The first-order valence-electron chi connectivity index (χ1n) is 6.73. The maximum absolute atomic E-state index is 12.9. The van der Waals surface area contributed by atoms with E-state index in [0.29, 0.717) is 0 Å². The molecule has 0 unspecified atom stereocenters. The van der Waals surface area contributed by atoms with Gasteiger partial charge in [0.05, 0.1) is 26.7 Å². The van der Waals surface area contributed by atoms with Gasteiger partial charge in [-0.3, -0.25) is 4.79 Å². The number of hydrogen-bond donors (Lipinski definition) is 2. The number of anilines is 1. The van der Waals surface area contributed by atoms with Crippen LogP contribution in [0.3, 0.4) is 0 Å². The van der Waals surface area contributed by atoms with Gasteiger partial charge in [0.1, 0.15) is 5.82 Å². The lowest BCUT2D eigenvalue weighted by Crippen LogP contribution is -2.41. The predicted molar refractivity (Wildman–Crippen MR) is 91.3 cm³/mol. The van der Waals surface area contributed by atoms with Crippen LogP contribution >= 0.6 is 23.2 Å². The summed E-state index contributed by atoms with van der Waals surface area (Å²) in [5, 5.41) is 2.90. The molecular formula is C15H13Cl2FN2O3S. The van der Waals surface area contributed by atoms with E-state index < -0.39 is 27.8 Å². The predicted octanol–water partition coefficient (Wildman–Crippen LogP) is 3.44. The molecule has 0 aliphatic rings. The van der Waals surface area contributed by atoms with Crippen LogP contribution in [0.25, 0.3) is 0 Å². The number of carbonyl (C=O) groups excluding carboxylic acids is 1. The fourth-order valence-electron chi connectivity index (χ4n) is 1.81. The van der Waals surface area contributed by atoms with Gasteiger partial charge in [-0.05, 0) is 43.3 Å². The molecule has 0 heterocycles. The minimum absolute atomic E-state index is 0.149. The molecule has 0 saturated carbocycles. The number of amides is 1. The number of carbonyl (C=O) groups is 1. The number of halogens is 3. The maximum atomic E-state index is 12.9. The first-order chi connectivity index (χ1) is 11.2. The van der Waals surface area contributed by atoms with E-state index in [-0.39, 0.29) is 20.6 Å². The zero-order valence-corrected chi connectivity index (χ0v) is 14.7. The van der Waals surface area contributed by atoms with Gasteiger partial charge in [-0.1, -0.05) is 29.3 Å². The zero-order valence-electron chi connectivity index (χ0n) is 12.4. The Morgan fingerprint density at radius 3 is 2.38 bits per heavy atom. The molecule has 2 rings (SSSR count). The van der Waals surface area contributed by atoms with Gasteiger partial charge >= 0.3 is 0 Å². The van der Waals surface area contributed by atoms with Crippen molar-refractivity contribution in [1.82, 2.24) is 4.72 Å². The van der Waals surface area contributed by atoms with Gasteiger partial charge in [-0.15, -0.1) is 0 Å². The van der Waals surface area contributed by atoms with Crippen molar-refractivity contribution in [3.05, 3.63) is 58.3 Å². The van der Waals surface area contributed by atoms with Gasteiger partial charge in [-0.2, -0.15) is 4.72 Å². The molecule has 1 atom stereocenters. The van der Waals surface area contributed by atoms with E-state index in [9.17, 15) is 17.6 Å². The van der Waals surface area contributed by atoms with E-state index in [1.807, 2.05) is 0 Å². The molecule has 0 aliphatic heterocycles. The molecule has 5 nitrogen and oxygen atoms in total. The molecule has 24 heavy (non-hydrogen) atoms. The van der Waals surface area contributed by atoms with Crippen molar-refractivity contribution in [2.75, 3.05) is 5.32 Å². The summed E-state index contributed by atoms with van der Waals surface area (Å²) in [6, 6.07) is 7.85. The van der Waals surface area contributed by atoms with Crippen molar-refractivity contribution in [2.45, 2.75) is 17.9 Å². The molecule has 0 aromatic heterocycles. The number of rotatable bonds is 5. The van der Waals surface area contributed by atoms with Crippen molar-refractivity contribution in [3.63, 3.8) is 0 Å². The van der Waals surface area contributed by atoms with Gasteiger partial charge in [0.15, 0.2) is 0 Å². The molecule has 2 aromatic rings. The number of hydrogen-bond acceptors (Lipinski definition) is 3. The van der Waals surface area contributed by atoms with Crippen LogP contribution in [0.15, 0.2) is 47.4 Å². The van der Waals surface area contributed by atoms with Gasteiger partial charge in [0.2, 0.25) is 15.9 Å². The van der Waals surface area contributed by atoms with Crippen molar-refractivity contribution < 1.29 is 17.6 Å². The zero-order chi connectivity index (χ0) is 17.9. The highest BCUT2D eigenvalue weighted by atomic mass is 35.5. The lowest BCUT2D eigenvalue weighted by atomic mass is 10.3. The second-order valence-corrected chi connectivity index (χ2v) is 7.39. The molecule has 0 bridgehead atoms. The lowest BCUT2D eigenvalue weighted by Gasteiger charge is -2.15. The summed E-state index contributed by atoms with van der Waals surface area (Å²) >= 11 is 11.8. The average Bonchev–Trinajstić information content (AvgIpc) is 2.51. The van der Waals surface area contributed by atoms with Crippen molar-refractivity contribution in [1.29, 1.82) is 0 Å². The molecule has 0 saturated heterocycles. The van der Waals surface area contributed by atoms with Gasteiger partial charge in [-0.25, -0.2) is 12.8 Å². The molecule has 1 amide bonds. The molecule has 0 aliphatic carbocycles. The van der Waals surface area contributed by atoms with Crippen LogP contribution in [0, 0.1) is 5.82 Å². The Labute approximate surface area is 148 Å². The van der Waals surface area contributed by atoms with Gasteiger partial charge < -0.3 is 5.32 Å². The molecule has 2 N–H and O–H groups in total. The number of sulfonamides is 1. The summed E-state index contributed by atoms with van der Waals surface area (Å²) in [7, 11) is -3.97. The highest BCUT2D eigenvalue weighted by molar-refractivity contribution is 7.89. The van der Waals surface area contributed by atoms with Crippen LogP contribution in [-0.4, -0.2) is 20.4 Å². The maximum Gasteiger partial charge on any atom is 0.242 e. The molecule has 9 heteroatoms. The Hall–Kier alpha value is -1.67. The van der Waals surface area contributed by atoms with Crippen LogP contribution < -0.4 is 10.0 Å². The number of benzene rings is 2. The summed E-state index contributed by atoms with van der Waals surface area (Å²) in [5.74, 6) is -1.18. The van der Waals surface area contributed by atoms with Crippen LogP contribution in [0.4, 0.5) is 10.1 Å². The lowest BCUT2D eigenvalue weighted by molar-refractivity contribution is -0.117. The third-order valence-electron chi connectivity index (χ3n) is 3.06. The van der Waals surface area contributed by atoms with E-state index in [1.54, 1.807) is 12.1 Å². The van der Waals surface area contributed by atoms with Crippen LogP contribution in [0.1, 0.15) is 6.92 Å². The fourth-order valence-corrected chi connectivity index (χ4v) is 3.36.